The summed E-state index contributed by atoms with van der Waals surface area (Å²) in [6.07, 6.45) is 2.63. The highest BCUT2D eigenvalue weighted by atomic mass is 35.5. The van der Waals surface area contributed by atoms with Gasteiger partial charge >= 0.3 is 0 Å². The van der Waals surface area contributed by atoms with Crippen molar-refractivity contribution >= 4 is 29.1 Å². The smallest absolute Gasteiger partial charge is 0.236 e. The highest BCUT2D eigenvalue weighted by Crippen LogP contribution is 2.27. The second kappa shape index (κ2) is 7.61. The SMILES string of the molecule is CN(Cc1ccc2ccccc2c1)C(=O)CNCC1CC1.Cl. The highest BCUT2D eigenvalue weighted by molar-refractivity contribution is 5.85. The zero-order valence-corrected chi connectivity index (χ0v) is 13.7. The molecule has 0 saturated heterocycles. The molecule has 0 atom stereocenters. The molecule has 1 N–H and O–H groups in total. The minimum absolute atomic E-state index is 0. The number of benzene rings is 2. The summed E-state index contributed by atoms with van der Waals surface area (Å²) < 4.78 is 0. The molecule has 3 nitrogen and oxygen atoms in total. The molecule has 0 heterocycles. The predicted molar refractivity (Wildman–Crippen MR) is 93.3 cm³/mol. The molecule has 2 aromatic rings. The number of carbonyl (C=O) groups is 1. The molecule has 0 aliphatic heterocycles. The Kier molecular flexibility index (Phi) is 5.81. The minimum Gasteiger partial charge on any atom is -0.340 e. The van der Waals surface area contributed by atoms with Gasteiger partial charge in [0, 0.05) is 13.6 Å². The number of hydrogen-bond acceptors (Lipinski definition) is 2. The Morgan fingerprint density at radius 1 is 1.18 bits per heavy atom. The van der Waals surface area contributed by atoms with E-state index in [4.69, 9.17) is 0 Å². The van der Waals surface area contributed by atoms with E-state index in [0.29, 0.717) is 13.1 Å². The third-order valence-corrected chi connectivity index (χ3v) is 4.07. The maximum absolute atomic E-state index is 12.1. The molecule has 1 aliphatic rings. The average Bonchev–Trinajstić information content (AvgIpc) is 3.31. The van der Waals surface area contributed by atoms with Gasteiger partial charge in [-0.2, -0.15) is 0 Å². The summed E-state index contributed by atoms with van der Waals surface area (Å²) in [7, 11) is 1.87. The largest absolute Gasteiger partial charge is 0.340 e. The Labute approximate surface area is 138 Å². The van der Waals surface area contributed by atoms with E-state index in [-0.39, 0.29) is 18.3 Å². The van der Waals surface area contributed by atoms with Gasteiger partial charge in [0.05, 0.1) is 6.54 Å². The summed E-state index contributed by atoms with van der Waals surface area (Å²) >= 11 is 0. The van der Waals surface area contributed by atoms with Crippen molar-refractivity contribution in [3.05, 3.63) is 48.0 Å². The number of rotatable bonds is 6. The molecule has 1 aliphatic carbocycles. The van der Waals surface area contributed by atoms with E-state index >= 15 is 0 Å². The molecule has 22 heavy (non-hydrogen) atoms. The first-order valence-electron chi connectivity index (χ1n) is 7.65. The lowest BCUT2D eigenvalue weighted by Crippen LogP contribution is -2.35. The van der Waals surface area contributed by atoms with Crippen LogP contribution in [0.2, 0.25) is 0 Å². The Bertz CT molecular complexity index is 640. The number of hydrogen-bond donors (Lipinski definition) is 1. The zero-order valence-electron chi connectivity index (χ0n) is 12.9. The fourth-order valence-electron chi connectivity index (χ4n) is 2.54. The average molecular weight is 319 g/mol. The Morgan fingerprint density at radius 2 is 1.91 bits per heavy atom. The van der Waals surface area contributed by atoms with Crippen molar-refractivity contribution in [1.82, 2.24) is 10.2 Å². The van der Waals surface area contributed by atoms with Crippen LogP contribution in [0.4, 0.5) is 0 Å². The third-order valence-electron chi connectivity index (χ3n) is 4.07. The van der Waals surface area contributed by atoms with Crippen LogP contribution in [-0.2, 0) is 11.3 Å². The molecule has 1 fully saturated rings. The fraction of sp³-hybridized carbons (Fsp3) is 0.389. The summed E-state index contributed by atoms with van der Waals surface area (Å²) in [6, 6.07) is 14.7. The predicted octanol–water partition coefficient (Wildman–Crippen LogP) is 3.22. The van der Waals surface area contributed by atoms with Crippen LogP contribution in [-0.4, -0.2) is 30.9 Å². The number of nitrogens with one attached hydrogen (secondary N) is 1. The number of amides is 1. The van der Waals surface area contributed by atoms with Gasteiger partial charge < -0.3 is 10.2 Å². The first-order valence-corrected chi connectivity index (χ1v) is 7.65. The third kappa shape index (κ3) is 4.46. The molecule has 0 unspecified atom stereocenters. The van der Waals surface area contributed by atoms with Crippen LogP contribution in [0.3, 0.4) is 0 Å². The van der Waals surface area contributed by atoms with E-state index < -0.39 is 0 Å². The van der Waals surface area contributed by atoms with Gasteiger partial charge in [0.2, 0.25) is 5.91 Å². The van der Waals surface area contributed by atoms with Crippen molar-refractivity contribution < 1.29 is 4.79 Å². The van der Waals surface area contributed by atoms with Gasteiger partial charge in [-0.15, -0.1) is 12.4 Å². The topological polar surface area (TPSA) is 32.3 Å². The van der Waals surface area contributed by atoms with Crippen molar-refractivity contribution in [3.63, 3.8) is 0 Å². The first-order chi connectivity index (χ1) is 10.2. The monoisotopic (exact) mass is 318 g/mol. The van der Waals surface area contributed by atoms with Gasteiger partial charge in [-0.3, -0.25) is 4.79 Å². The zero-order chi connectivity index (χ0) is 14.7. The van der Waals surface area contributed by atoms with Gasteiger partial charge in [0.15, 0.2) is 0 Å². The molecule has 0 radical (unpaired) electrons. The molecule has 2 aromatic carbocycles. The summed E-state index contributed by atoms with van der Waals surface area (Å²) in [5, 5.41) is 5.71. The fourth-order valence-corrected chi connectivity index (χ4v) is 2.54. The number of halogens is 1. The van der Waals surface area contributed by atoms with Gasteiger partial charge in [0.25, 0.3) is 0 Å². The lowest BCUT2D eigenvalue weighted by Gasteiger charge is -2.18. The molecule has 0 aromatic heterocycles. The lowest BCUT2D eigenvalue weighted by atomic mass is 10.1. The van der Waals surface area contributed by atoms with Crippen molar-refractivity contribution in [1.29, 1.82) is 0 Å². The van der Waals surface area contributed by atoms with Crippen LogP contribution in [0, 0.1) is 5.92 Å². The van der Waals surface area contributed by atoms with Crippen molar-refractivity contribution in [2.75, 3.05) is 20.1 Å². The van der Waals surface area contributed by atoms with Crippen LogP contribution < -0.4 is 5.32 Å². The van der Waals surface area contributed by atoms with Gasteiger partial charge in [-0.1, -0.05) is 36.4 Å². The Balaban J connectivity index is 0.00000176. The maximum Gasteiger partial charge on any atom is 0.236 e. The van der Waals surface area contributed by atoms with E-state index in [2.05, 4.69) is 35.6 Å². The molecule has 1 saturated carbocycles. The number of nitrogens with zero attached hydrogens (tertiary/aromatic N) is 1. The maximum atomic E-state index is 12.1. The molecule has 0 spiro atoms. The molecular formula is C18H23ClN2O. The summed E-state index contributed by atoms with van der Waals surface area (Å²) in [4.78, 5) is 13.9. The molecule has 118 valence electrons. The second-order valence-electron chi connectivity index (χ2n) is 6.01. The van der Waals surface area contributed by atoms with Gasteiger partial charge in [-0.05, 0) is 47.7 Å². The van der Waals surface area contributed by atoms with Crippen LogP contribution in [0.15, 0.2) is 42.5 Å². The van der Waals surface area contributed by atoms with Crippen LogP contribution in [0.1, 0.15) is 18.4 Å². The lowest BCUT2D eigenvalue weighted by molar-refractivity contribution is -0.129. The van der Waals surface area contributed by atoms with E-state index in [9.17, 15) is 4.79 Å². The quantitative estimate of drug-likeness (QED) is 0.887. The molecule has 4 heteroatoms. The van der Waals surface area contributed by atoms with Gasteiger partial charge in [0.1, 0.15) is 0 Å². The molecular weight excluding hydrogens is 296 g/mol. The van der Waals surface area contributed by atoms with E-state index in [1.807, 2.05) is 19.2 Å². The van der Waals surface area contributed by atoms with E-state index in [0.717, 1.165) is 12.5 Å². The Hall–Kier alpha value is -1.58. The number of carbonyl (C=O) groups excluding carboxylic acids is 1. The van der Waals surface area contributed by atoms with E-state index in [1.54, 1.807) is 4.90 Å². The normalized spacial score (nSPS) is 13.7. The summed E-state index contributed by atoms with van der Waals surface area (Å²) in [5.74, 6) is 0.965. The van der Waals surface area contributed by atoms with Crippen molar-refractivity contribution in [2.45, 2.75) is 19.4 Å². The first kappa shape index (κ1) is 16.8. The standard InChI is InChI=1S/C18H22N2O.ClH/c1-20(18(21)12-19-11-14-6-7-14)13-15-8-9-16-4-2-3-5-17(16)10-15;/h2-5,8-10,14,19H,6-7,11-13H2,1H3;1H. The number of likely N-dealkylation sites (N-methyl/N-ethyl adjacent to an activating group) is 1. The van der Waals surface area contributed by atoms with E-state index in [1.165, 1.54) is 29.2 Å². The van der Waals surface area contributed by atoms with Crippen LogP contribution in [0.5, 0.6) is 0 Å². The van der Waals surface area contributed by atoms with Gasteiger partial charge in [-0.25, -0.2) is 0 Å². The van der Waals surface area contributed by atoms with Crippen molar-refractivity contribution in [2.24, 2.45) is 5.92 Å². The summed E-state index contributed by atoms with van der Waals surface area (Å²) in [5.41, 5.74) is 1.17. The summed E-state index contributed by atoms with van der Waals surface area (Å²) in [6.45, 7) is 2.09. The van der Waals surface area contributed by atoms with Crippen LogP contribution in [0.25, 0.3) is 10.8 Å². The molecule has 0 bridgehead atoms. The molecule has 1 amide bonds. The minimum atomic E-state index is 0. The number of fused-ring (bicyclic) bond motifs is 1. The highest BCUT2D eigenvalue weighted by Gasteiger charge is 2.21. The second-order valence-corrected chi connectivity index (χ2v) is 6.01. The molecule has 3 rings (SSSR count). The van der Waals surface area contributed by atoms with Crippen molar-refractivity contribution in [3.8, 4) is 0 Å². The Morgan fingerprint density at radius 3 is 2.64 bits per heavy atom. The van der Waals surface area contributed by atoms with Crippen LogP contribution >= 0.6 is 12.4 Å².